The summed E-state index contributed by atoms with van der Waals surface area (Å²) in [7, 11) is -3.47. The summed E-state index contributed by atoms with van der Waals surface area (Å²) in [6.45, 7) is 0.338. The van der Waals surface area contributed by atoms with Gasteiger partial charge in [0.1, 0.15) is 0 Å². The van der Waals surface area contributed by atoms with Crippen LogP contribution in [0, 0.1) is 0 Å². The van der Waals surface area contributed by atoms with Crippen LogP contribution in [0.4, 0.5) is 0 Å². The van der Waals surface area contributed by atoms with Crippen molar-refractivity contribution in [1.82, 2.24) is 4.72 Å². The van der Waals surface area contributed by atoms with Crippen LogP contribution < -0.4 is 4.72 Å². The predicted octanol–water partition coefficient (Wildman–Crippen LogP) is 4.97. The summed E-state index contributed by atoms with van der Waals surface area (Å²) in [6.07, 6.45) is 0. The summed E-state index contributed by atoms with van der Waals surface area (Å²) in [6, 6.07) is 11.9. The van der Waals surface area contributed by atoms with Gasteiger partial charge in [-0.15, -0.1) is 0 Å². The zero-order valence-electron chi connectivity index (χ0n) is 11.9. The Labute approximate surface area is 158 Å². The van der Waals surface area contributed by atoms with Crippen molar-refractivity contribution in [3.8, 4) is 0 Å². The molecule has 2 aromatic carbocycles. The first kappa shape index (κ1) is 19.1. The second-order valence-electron chi connectivity index (χ2n) is 4.60. The fourth-order valence-corrected chi connectivity index (χ4v) is 4.81. The molecule has 0 amide bonds. The first-order chi connectivity index (χ1) is 10.9. The van der Waals surface area contributed by atoms with Gasteiger partial charge in [0, 0.05) is 32.6 Å². The third-order valence-corrected chi connectivity index (χ3v) is 6.67. The van der Waals surface area contributed by atoms with Crippen LogP contribution in [0.2, 0.25) is 10.0 Å². The molecule has 2 rings (SSSR count). The van der Waals surface area contributed by atoms with Crippen LogP contribution in [-0.2, 0) is 15.8 Å². The van der Waals surface area contributed by atoms with Crippen molar-refractivity contribution in [2.24, 2.45) is 0 Å². The lowest BCUT2D eigenvalue weighted by Crippen LogP contribution is -2.26. The van der Waals surface area contributed by atoms with Gasteiger partial charge in [0.2, 0.25) is 10.0 Å². The van der Waals surface area contributed by atoms with E-state index in [1.54, 1.807) is 54.2 Å². The highest BCUT2D eigenvalue weighted by molar-refractivity contribution is 9.10. The third kappa shape index (κ3) is 5.66. The average molecular weight is 455 g/mol. The quantitative estimate of drug-likeness (QED) is 0.600. The predicted molar refractivity (Wildman–Crippen MR) is 102 cm³/mol. The number of thioether (sulfide) groups is 1. The average Bonchev–Trinajstić information content (AvgIpc) is 2.50. The molecule has 0 saturated heterocycles. The van der Waals surface area contributed by atoms with Crippen LogP contribution in [0.15, 0.2) is 51.8 Å². The molecule has 124 valence electrons. The summed E-state index contributed by atoms with van der Waals surface area (Å²) < 4.78 is 27.6. The van der Waals surface area contributed by atoms with E-state index in [4.69, 9.17) is 23.2 Å². The Kier molecular flexibility index (Phi) is 7.25. The fourth-order valence-electron chi connectivity index (χ4n) is 1.79. The molecule has 0 spiro atoms. The molecule has 8 heteroatoms. The molecule has 0 fully saturated rings. The second kappa shape index (κ2) is 8.74. The topological polar surface area (TPSA) is 46.2 Å². The van der Waals surface area contributed by atoms with Gasteiger partial charge in [0.15, 0.2) is 0 Å². The Morgan fingerprint density at radius 2 is 1.65 bits per heavy atom. The summed E-state index contributed by atoms with van der Waals surface area (Å²) in [5, 5.41) is 1.25. The molecular formula is C15H14BrCl2NO2S2. The molecule has 3 nitrogen and oxygen atoms in total. The van der Waals surface area contributed by atoms with Gasteiger partial charge in [-0.25, -0.2) is 13.1 Å². The molecule has 0 aliphatic heterocycles. The summed E-state index contributed by atoms with van der Waals surface area (Å²) in [5.41, 5.74) is 0.872. The molecule has 0 unspecified atom stereocenters. The first-order valence-corrected chi connectivity index (χ1v) is 10.8. The zero-order chi connectivity index (χ0) is 16.9. The van der Waals surface area contributed by atoms with E-state index >= 15 is 0 Å². The molecule has 1 N–H and O–H groups in total. The minimum Gasteiger partial charge on any atom is -0.210 e. The maximum atomic E-state index is 12.1. The van der Waals surface area contributed by atoms with Gasteiger partial charge in [-0.3, -0.25) is 0 Å². The van der Waals surface area contributed by atoms with E-state index in [1.807, 2.05) is 0 Å². The normalized spacial score (nSPS) is 11.6. The van der Waals surface area contributed by atoms with Crippen LogP contribution >= 0.6 is 50.9 Å². The van der Waals surface area contributed by atoms with Crippen molar-refractivity contribution >= 4 is 60.9 Å². The minimum absolute atomic E-state index is 0.250. The molecule has 23 heavy (non-hydrogen) atoms. The molecule has 2 aromatic rings. The maximum Gasteiger partial charge on any atom is 0.240 e. The van der Waals surface area contributed by atoms with E-state index in [-0.39, 0.29) is 4.90 Å². The lowest BCUT2D eigenvalue weighted by Gasteiger charge is -2.08. The van der Waals surface area contributed by atoms with Crippen molar-refractivity contribution < 1.29 is 8.42 Å². The monoisotopic (exact) mass is 453 g/mol. The number of hydrogen-bond acceptors (Lipinski definition) is 3. The van der Waals surface area contributed by atoms with Gasteiger partial charge < -0.3 is 0 Å². The van der Waals surface area contributed by atoms with E-state index in [2.05, 4.69) is 20.7 Å². The molecule has 0 aliphatic carbocycles. The van der Waals surface area contributed by atoms with Crippen LogP contribution in [0.5, 0.6) is 0 Å². The van der Waals surface area contributed by atoms with Crippen molar-refractivity contribution in [3.05, 3.63) is 62.5 Å². The van der Waals surface area contributed by atoms with E-state index in [0.717, 1.165) is 10.0 Å². The van der Waals surface area contributed by atoms with Gasteiger partial charge in [-0.2, -0.15) is 11.8 Å². The Hall–Kier alpha value is -0.240. The highest BCUT2D eigenvalue weighted by atomic mass is 79.9. The Balaban J connectivity index is 1.82. The van der Waals surface area contributed by atoms with Gasteiger partial charge in [-0.1, -0.05) is 45.2 Å². The second-order valence-corrected chi connectivity index (χ2v) is 9.21. The summed E-state index contributed by atoms with van der Waals surface area (Å²) in [5.74, 6) is 1.26. The standard InChI is InChI=1S/C15H14BrCl2NO2S2/c16-11-4-6-12(7-5-11)23(20,21)19-8-9-22-10-13-14(17)2-1-3-15(13)18/h1-7,19H,8-10H2. The van der Waals surface area contributed by atoms with E-state index < -0.39 is 10.0 Å². The lowest BCUT2D eigenvalue weighted by atomic mass is 10.2. The van der Waals surface area contributed by atoms with Gasteiger partial charge in [0.25, 0.3) is 0 Å². The Morgan fingerprint density at radius 3 is 2.26 bits per heavy atom. The summed E-state index contributed by atoms with van der Waals surface area (Å²) in [4.78, 5) is 0.250. The van der Waals surface area contributed by atoms with Crippen molar-refractivity contribution in [3.63, 3.8) is 0 Å². The van der Waals surface area contributed by atoms with Crippen molar-refractivity contribution in [2.45, 2.75) is 10.6 Å². The minimum atomic E-state index is -3.47. The largest absolute Gasteiger partial charge is 0.240 e. The number of nitrogens with one attached hydrogen (secondary N) is 1. The SMILES string of the molecule is O=S(=O)(NCCSCc1c(Cl)cccc1Cl)c1ccc(Br)cc1. The van der Waals surface area contributed by atoms with Gasteiger partial charge in [-0.05, 0) is 42.0 Å². The summed E-state index contributed by atoms with van der Waals surface area (Å²) >= 11 is 17.0. The zero-order valence-corrected chi connectivity index (χ0v) is 16.7. The van der Waals surface area contributed by atoms with Crippen molar-refractivity contribution in [1.29, 1.82) is 0 Å². The number of benzene rings is 2. The highest BCUT2D eigenvalue weighted by Gasteiger charge is 2.13. The number of hydrogen-bond donors (Lipinski definition) is 1. The molecule has 0 radical (unpaired) electrons. The molecule has 0 aliphatic rings. The smallest absolute Gasteiger partial charge is 0.210 e. The highest BCUT2D eigenvalue weighted by Crippen LogP contribution is 2.28. The lowest BCUT2D eigenvalue weighted by molar-refractivity contribution is 0.584. The van der Waals surface area contributed by atoms with Crippen molar-refractivity contribution in [2.75, 3.05) is 12.3 Å². The Morgan fingerprint density at radius 1 is 1.04 bits per heavy atom. The van der Waals surface area contributed by atoms with E-state index in [0.29, 0.717) is 28.1 Å². The van der Waals surface area contributed by atoms with E-state index in [9.17, 15) is 8.42 Å². The third-order valence-electron chi connectivity index (χ3n) is 2.97. The van der Waals surface area contributed by atoms with Crippen LogP contribution in [0.3, 0.4) is 0 Å². The van der Waals surface area contributed by atoms with Gasteiger partial charge >= 0.3 is 0 Å². The fraction of sp³-hybridized carbons (Fsp3) is 0.200. The van der Waals surface area contributed by atoms with Crippen LogP contribution in [-0.4, -0.2) is 20.7 Å². The number of rotatable bonds is 7. The first-order valence-electron chi connectivity index (χ1n) is 6.66. The molecule has 0 heterocycles. The molecule has 0 aromatic heterocycles. The molecule has 0 atom stereocenters. The molecule has 0 saturated carbocycles. The molecule has 0 bridgehead atoms. The van der Waals surface area contributed by atoms with Gasteiger partial charge in [0.05, 0.1) is 4.90 Å². The molecular weight excluding hydrogens is 441 g/mol. The van der Waals surface area contributed by atoms with E-state index in [1.165, 1.54) is 0 Å². The number of halogens is 3. The Bertz CT molecular complexity index is 747. The maximum absolute atomic E-state index is 12.1. The van der Waals surface area contributed by atoms with Crippen LogP contribution in [0.25, 0.3) is 0 Å². The van der Waals surface area contributed by atoms with Crippen LogP contribution in [0.1, 0.15) is 5.56 Å². The number of sulfonamides is 1.